The van der Waals surface area contributed by atoms with E-state index in [2.05, 4.69) is 38.7 Å². The Bertz CT molecular complexity index is 466. The van der Waals surface area contributed by atoms with Crippen molar-refractivity contribution in [1.29, 1.82) is 0 Å². The van der Waals surface area contributed by atoms with E-state index in [-0.39, 0.29) is 0 Å². The molecule has 0 aliphatic heterocycles. The molecule has 0 aliphatic rings. The summed E-state index contributed by atoms with van der Waals surface area (Å²) < 4.78 is 10.9. The fourth-order valence-electron chi connectivity index (χ4n) is 1.90. The second-order valence-electron chi connectivity index (χ2n) is 4.68. The lowest BCUT2D eigenvalue weighted by Gasteiger charge is -2.14. The zero-order chi connectivity index (χ0) is 15.0. The number of benzene rings is 1. The third kappa shape index (κ3) is 4.74. The third-order valence-electron chi connectivity index (χ3n) is 3.13. The molecule has 0 radical (unpaired) electrons. The molecule has 0 aliphatic carbocycles. The summed E-state index contributed by atoms with van der Waals surface area (Å²) in [7, 11) is 1.65. The molecule has 3 heteroatoms. The van der Waals surface area contributed by atoms with Crippen LogP contribution in [0.2, 0.25) is 0 Å². The summed E-state index contributed by atoms with van der Waals surface area (Å²) in [6, 6.07) is 6.31. The van der Waals surface area contributed by atoms with E-state index >= 15 is 0 Å². The van der Waals surface area contributed by atoms with Gasteiger partial charge in [0, 0.05) is 6.04 Å². The Balaban J connectivity index is 2.91. The van der Waals surface area contributed by atoms with Crippen LogP contribution in [0.4, 0.5) is 0 Å². The van der Waals surface area contributed by atoms with Crippen LogP contribution in [0.5, 0.6) is 11.5 Å². The van der Waals surface area contributed by atoms with Crippen LogP contribution < -0.4 is 14.8 Å². The minimum atomic E-state index is 0.364. The van der Waals surface area contributed by atoms with Crippen LogP contribution in [0.15, 0.2) is 36.4 Å². The van der Waals surface area contributed by atoms with Crippen LogP contribution in [0, 0.1) is 0 Å². The third-order valence-corrected chi connectivity index (χ3v) is 3.13. The topological polar surface area (TPSA) is 30.5 Å². The van der Waals surface area contributed by atoms with Gasteiger partial charge in [0.1, 0.15) is 6.61 Å². The Morgan fingerprint density at radius 1 is 1.40 bits per heavy atom. The van der Waals surface area contributed by atoms with E-state index in [0.717, 1.165) is 23.6 Å². The number of methoxy groups -OCH3 is 1. The first-order valence-corrected chi connectivity index (χ1v) is 6.95. The number of hydrogen-bond acceptors (Lipinski definition) is 3. The summed E-state index contributed by atoms with van der Waals surface area (Å²) in [5.74, 6) is 1.48. The molecule has 0 amide bonds. The Hall–Kier alpha value is -1.74. The second kappa shape index (κ2) is 8.43. The van der Waals surface area contributed by atoms with Crippen molar-refractivity contribution in [2.45, 2.75) is 26.8 Å². The quantitative estimate of drug-likeness (QED) is 0.734. The molecule has 3 nitrogen and oxygen atoms in total. The first kappa shape index (κ1) is 16.3. The lowest BCUT2D eigenvalue weighted by Crippen LogP contribution is -2.26. The Kier molecular flexibility index (Phi) is 6.88. The zero-order valence-electron chi connectivity index (χ0n) is 12.9. The first-order chi connectivity index (χ1) is 9.62. The van der Waals surface area contributed by atoms with Gasteiger partial charge in [-0.15, -0.1) is 0 Å². The van der Waals surface area contributed by atoms with Crippen LogP contribution in [-0.2, 0) is 0 Å². The van der Waals surface area contributed by atoms with Gasteiger partial charge in [-0.1, -0.05) is 37.3 Å². The Morgan fingerprint density at radius 3 is 2.75 bits per heavy atom. The van der Waals surface area contributed by atoms with E-state index in [1.807, 2.05) is 18.2 Å². The molecule has 1 unspecified atom stereocenters. The molecule has 1 rings (SSSR count). The van der Waals surface area contributed by atoms with Crippen molar-refractivity contribution in [3.8, 4) is 11.5 Å². The van der Waals surface area contributed by atoms with Crippen molar-refractivity contribution in [2.24, 2.45) is 0 Å². The molecular weight excluding hydrogens is 250 g/mol. The van der Waals surface area contributed by atoms with Crippen molar-refractivity contribution in [1.82, 2.24) is 5.32 Å². The van der Waals surface area contributed by atoms with Crippen molar-refractivity contribution in [3.05, 3.63) is 42.0 Å². The second-order valence-corrected chi connectivity index (χ2v) is 4.68. The highest BCUT2D eigenvalue weighted by Gasteiger charge is 2.06. The molecule has 1 aromatic carbocycles. The molecule has 0 heterocycles. The molecule has 1 N–H and O–H groups in total. The van der Waals surface area contributed by atoms with Crippen molar-refractivity contribution < 1.29 is 9.47 Å². The van der Waals surface area contributed by atoms with Crippen LogP contribution in [0.3, 0.4) is 0 Å². The number of hydrogen-bond donors (Lipinski definition) is 1. The van der Waals surface area contributed by atoms with Gasteiger partial charge in [-0.2, -0.15) is 0 Å². The smallest absolute Gasteiger partial charge is 0.161 e. The molecule has 0 bridgehead atoms. The highest BCUT2D eigenvalue weighted by Crippen LogP contribution is 2.29. The van der Waals surface area contributed by atoms with Gasteiger partial charge in [0.15, 0.2) is 11.5 Å². The Morgan fingerprint density at radius 2 is 2.15 bits per heavy atom. The monoisotopic (exact) mass is 275 g/mol. The Labute approximate surface area is 122 Å². The van der Waals surface area contributed by atoms with Crippen molar-refractivity contribution in [2.75, 3.05) is 20.3 Å². The normalized spacial score (nSPS) is 12.9. The van der Waals surface area contributed by atoms with Crippen LogP contribution in [0.1, 0.15) is 26.3 Å². The van der Waals surface area contributed by atoms with E-state index in [1.54, 1.807) is 13.2 Å². The van der Waals surface area contributed by atoms with Gasteiger partial charge in [0.2, 0.25) is 0 Å². The summed E-state index contributed by atoms with van der Waals surface area (Å²) >= 11 is 0. The summed E-state index contributed by atoms with van der Waals surface area (Å²) in [5.41, 5.74) is 2.39. The predicted molar refractivity (Wildman–Crippen MR) is 85.5 cm³/mol. The van der Waals surface area contributed by atoms with Gasteiger partial charge in [0.25, 0.3) is 0 Å². The van der Waals surface area contributed by atoms with Gasteiger partial charge >= 0.3 is 0 Å². The van der Waals surface area contributed by atoms with Gasteiger partial charge in [-0.05, 0) is 38.1 Å². The van der Waals surface area contributed by atoms with Gasteiger partial charge in [-0.3, -0.25) is 0 Å². The molecule has 0 spiro atoms. The minimum Gasteiger partial charge on any atom is -0.493 e. The highest BCUT2D eigenvalue weighted by atomic mass is 16.5. The van der Waals surface area contributed by atoms with Crippen molar-refractivity contribution in [3.63, 3.8) is 0 Å². The lowest BCUT2D eigenvalue weighted by molar-refractivity contribution is 0.326. The highest BCUT2D eigenvalue weighted by molar-refractivity contribution is 5.58. The number of nitrogens with one attached hydrogen (secondary N) is 1. The first-order valence-electron chi connectivity index (χ1n) is 6.95. The van der Waals surface area contributed by atoms with Gasteiger partial charge in [-0.25, -0.2) is 0 Å². The van der Waals surface area contributed by atoms with E-state index < -0.39 is 0 Å². The van der Waals surface area contributed by atoms with E-state index in [4.69, 9.17) is 9.47 Å². The fourth-order valence-corrected chi connectivity index (χ4v) is 1.90. The largest absolute Gasteiger partial charge is 0.493 e. The molecule has 0 saturated heterocycles. The fraction of sp³-hybridized carbons (Fsp3) is 0.412. The van der Waals surface area contributed by atoms with E-state index in [9.17, 15) is 0 Å². The van der Waals surface area contributed by atoms with E-state index in [0.29, 0.717) is 12.6 Å². The molecular formula is C17H25NO2. The zero-order valence-corrected chi connectivity index (χ0v) is 12.9. The predicted octanol–water partition coefficient (Wildman–Crippen LogP) is 3.66. The maximum Gasteiger partial charge on any atom is 0.161 e. The number of rotatable bonds is 8. The van der Waals surface area contributed by atoms with Crippen molar-refractivity contribution >= 4 is 6.08 Å². The van der Waals surface area contributed by atoms with E-state index in [1.165, 1.54) is 5.57 Å². The minimum absolute atomic E-state index is 0.364. The van der Waals surface area contributed by atoms with Crippen LogP contribution in [-0.4, -0.2) is 26.3 Å². The molecule has 0 fully saturated rings. The average Bonchev–Trinajstić information content (AvgIpc) is 2.45. The molecule has 20 heavy (non-hydrogen) atoms. The van der Waals surface area contributed by atoms with Gasteiger partial charge < -0.3 is 14.8 Å². The average molecular weight is 275 g/mol. The summed E-state index contributed by atoms with van der Waals surface area (Å²) in [6.07, 6.45) is 3.88. The lowest BCUT2D eigenvalue weighted by atomic mass is 10.1. The standard InChI is InChI=1S/C17H25NO2/c1-6-10-20-16-9-8-15(12-17(16)19-5)11-13(3)14(4)18-7-2/h6,8-9,11-12,14,18H,1,7,10H2,2-5H3/b13-11+. The number of likely N-dealkylation sites (N-methyl/N-ethyl adjacent to an activating group) is 1. The van der Waals surface area contributed by atoms with Crippen LogP contribution >= 0.6 is 0 Å². The summed E-state index contributed by atoms with van der Waals surface area (Å²) in [4.78, 5) is 0. The SMILES string of the molecule is C=CCOc1ccc(/C=C(\C)C(C)NCC)cc1OC. The summed E-state index contributed by atoms with van der Waals surface area (Å²) in [5, 5.41) is 3.40. The number of ether oxygens (including phenoxy) is 2. The molecule has 1 atom stereocenters. The molecule has 0 saturated carbocycles. The van der Waals surface area contributed by atoms with Gasteiger partial charge in [0.05, 0.1) is 7.11 Å². The molecule has 0 aromatic heterocycles. The maximum absolute atomic E-state index is 5.55. The molecule has 110 valence electrons. The summed E-state index contributed by atoms with van der Waals surface area (Å²) in [6.45, 7) is 11.5. The van der Waals surface area contributed by atoms with Crippen LogP contribution in [0.25, 0.3) is 6.08 Å². The maximum atomic E-state index is 5.55. The molecule has 1 aromatic rings.